The number of likely N-dealkylation sites (tertiary alicyclic amines) is 1. The van der Waals surface area contributed by atoms with Crippen LogP contribution < -0.4 is 4.74 Å². The Kier molecular flexibility index (Phi) is 11.6. The van der Waals surface area contributed by atoms with Gasteiger partial charge >= 0.3 is 5.97 Å². The first-order chi connectivity index (χ1) is 16.9. The Balaban J connectivity index is 0.00000241. The number of hydrogen-bond acceptors (Lipinski definition) is 5. The number of pyridine rings is 1. The number of carboxylic acid groups (broad SMARTS) is 1. The summed E-state index contributed by atoms with van der Waals surface area (Å²) >= 11 is 0. The van der Waals surface area contributed by atoms with Crippen LogP contribution in [0.4, 0.5) is 4.39 Å². The number of piperidine rings is 1. The van der Waals surface area contributed by atoms with Crippen LogP contribution >= 0.6 is 24.8 Å². The second kappa shape index (κ2) is 14.2. The topological polar surface area (TPSA) is 82.9 Å². The van der Waals surface area contributed by atoms with Gasteiger partial charge in [-0.1, -0.05) is 17.9 Å². The van der Waals surface area contributed by atoms with Gasteiger partial charge in [0, 0.05) is 23.7 Å². The predicted octanol–water partition coefficient (Wildman–Crippen LogP) is 5.11. The maximum Gasteiger partial charge on any atom is 0.308 e. The molecule has 3 aromatic rings. The highest BCUT2D eigenvalue weighted by atomic mass is 35.5. The van der Waals surface area contributed by atoms with Crippen molar-refractivity contribution in [2.45, 2.75) is 25.4 Å². The summed E-state index contributed by atoms with van der Waals surface area (Å²) in [5, 5.41) is 21.6. The van der Waals surface area contributed by atoms with Crippen LogP contribution in [-0.4, -0.2) is 52.8 Å². The SMILES string of the molecule is COc1ccc2nccc([C@H](O)CC[C@@H]3CCN(CC#Cc4cccc(F)c4)C[C@@H]3C(=O)O)c2c1.Cl.Cl. The van der Waals surface area contributed by atoms with Crippen LogP contribution in [-0.2, 0) is 4.79 Å². The second-order valence-corrected chi connectivity index (χ2v) is 8.92. The van der Waals surface area contributed by atoms with Gasteiger partial charge in [0.25, 0.3) is 0 Å². The van der Waals surface area contributed by atoms with Gasteiger partial charge < -0.3 is 14.9 Å². The number of benzene rings is 2. The summed E-state index contributed by atoms with van der Waals surface area (Å²) in [7, 11) is 1.60. The number of aliphatic hydroxyl groups excluding tert-OH is 1. The molecule has 4 rings (SSSR count). The van der Waals surface area contributed by atoms with Crippen LogP contribution in [0.1, 0.15) is 36.5 Å². The minimum absolute atomic E-state index is 0. The quantitative estimate of drug-likeness (QED) is 0.399. The van der Waals surface area contributed by atoms with Crippen molar-refractivity contribution in [3.05, 3.63) is 71.7 Å². The Morgan fingerprint density at radius 3 is 2.78 bits per heavy atom. The molecule has 1 aliphatic heterocycles. The Hall–Kier alpha value is -2.89. The first-order valence-corrected chi connectivity index (χ1v) is 11.7. The molecule has 0 bridgehead atoms. The molecular weight excluding hydrogens is 518 g/mol. The van der Waals surface area contributed by atoms with Crippen LogP contribution in [0.3, 0.4) is 0 Å². The molecule has 0 saturated carbocycles. The van der Waals surface area contributed by atoms with Gasteiger partial charge in [0.15, 0.2) is 0 Å². The van der Waals surface area contributed by atoms with E-state index in [0.29, 0.717) is 37.2 Å². The molecular formula is C28H31Cl2FN2O4. The number of aromatic nitrogens is 1. The highest BCUT2D eigenvalue weighted by molar-refractivity contribution is 5.86. The molecule has 2 heterocycles. The second-order valence-electron chi connectivity index (χ2n) is 8.92. The number of halogens is 3. The number of carboxylic acids is 1. The van der Waals surface area contributed by atoms with Crippen molar-refractivity contribution in [3.63, 3.8) is 0 Å². The molecule has 1 aromatic heterocycles. The molecule has 0 unspecified atom stereocenters. The highest BCUT2D eigenvalue weighted by Crippen LogP contribution is 2.33. The largest absolute Gasteiger partial charge is 0.497 e. The lowest BCUT2D eigenvalue weighted by Gasteiger charge is -2.36. The van der Waals surface area contributed by atoms with Gasteiger partial charge in [-0.15, -0.1) is 24.8 Å². The van der Waals surface area contributed by atoms with Crippen molar-refractivity contribution in [2.75, 3.05) is 26.7 Å². The van der Waals surface area contributed by atoms with Crippen LogP contribution in [0.15, 0.2) is 54.7 Å². The zero-order chi connectivity index (χ0) is 24.8. The third-order valence-corrected chi connectivity index (χ3v) is 6.67. The van der Waals surface area contributed by atoms with Crippen molar-refractivity contribution < 1.29 is 24.1 Å². The molecule has 0 radical (unpaired) electrons. The van der Waals surface area contributed by atoms with Gasteiger partial charge in [0.1, 0.15) is 11.6 Å². The fraction of sp³-hybridized carbons (Fsp3) is 0.357. The average Bonchev–Trinajstić information content (AvgIpc) is 2.87. The van der Waals surface area contributed by atoms with Crippen LogP contribution in [0.2, 0.25) is 0 Å². The Morgan fingerprint density at radius 1 is 1.24 bits per heavy atom. The minimum atomic E-state index is -0.827. The van der Waals surface area contributed by atoms with E-state index in [4.69, 9.17) is 4.74 Å². The molecule has 3 atom stereocenters. The number of hydrogen-bond donors (Lipinski definition) is 2. The molecule has 2 aromatic carbocycles. The summed E-state index contributed by atoms with van der Waals surface area (Å²) in [6, 6.07) is 13.5. The first kappa shape index (κ1) is 30.3. The number of aliphatic carboxylic acids is 1. The van der Waals surface area contributed by atoms with E-state index in [0.717, 1.165) is 29.4 Å². The summed E-state index contributed by atoms with van der Waals surface area (Å²) in [5.74, 6) is 4.95. The number of nitrogens with zero attached hydrogens (tertiary/aromatic N) is 2. The molecule has 37 heavy (non-hydrogen) atoms. The van der Waals surface area contributed by atoms with Gasteiger partial charge in [-0.2, -0.15) is 0 Å². The maximum atomic E-state index is 13.3. The van der Waals surface area contributed by atoms with Crippen molar-refractivity contribution in [3.8, 4) is 17.6 Å². The van der Waals surface area contributed by atoms with Crippen LogP contribution in [0.5, 0.6) is 5.75 Å². The number of ether oxygens (including phenoxy) is 1. The van der Waals surface area contributed by atoms with Crippen LogP contribution in [0.25, 0.3) is 10.9 Å². The number of aliphatic hydroxyl groups is 1. The van der Waals surface area contributed by atoms with Crippen molar-refractivity contribution in [1.29, 1.82) is 0 Å². The van der Waals surface area contributed by atoms with E-state index in [1.165, 1.54) is 12.1 Å². The van der Waals surface area contributed by atoms with Crippen molar-refractivity contribution >= 4 is 41.7 Å². The lowest BCUT2D eigenvalue weighted by molar-refractivity contribution is -0.146. The molecule has 1 aliphatic rings. The minimum Gasteiger partial charge on any atom is -0.497 e. The van der Waals surface area contributed by atoms with Gasteiger partial charge in [-0.05, 0) is 79.8 Å². The number of methoxy groups -OCH3 is 1. The first-order valence-electron chi connectivity index (χ1n) is 11.7. The van der Waals surface area contributed by atoms with Crippen molar-refractivity contribution in [1.82, 2.24) is 9.88 Å². The molecule has 0 aliphatic carbocycles. The zero-order valence-corrected chi connectivity index (χ0v) is 22.1. The van der Waals surface area contributed by atoms with E-state index in [2.05, 4.69) is 16.8 Å². The van der Waals surface area contributed by atoms with E-state index in [1.807, 2.05) is 23.1 Å². The van der Waals surface area contributed by atoms with Gasteiger partial charge in [0.05, 0.1) is 31.2 Å². The molecule has 0 amide bonds. The fourth-order valence-electron chi connectivity index (χ4n) is 4.75. The molecule has 0 spiro atoms. The number of rotatable bonds is 7. The maximum absolute atomic E-state index is 13.3. The molecule has 198 valence electrons. The van der Waals surface area contributed by atoms with E-state index in [9.17, 15) is 19.4 Å². The predicted molar refractivity (Wildman–Crippen MR) is 146 cm³/mol. The number of carbonyl (C=O) groups is 1. The van der Waals surface area contributed by atoms with Gasteiger partial charge in [-0.25, -0.2) is 4.39 Å². The third-order valence-electron chi connectivity index (χ3n) is 6.67. The number of fused-ring (bicyclic) bond motifs is 1. The van der Waals surface area contributed by atoms with Crippen molar-refractivity contribution in [2.24, 2.45) is 11.8 Å². The smallest absolute Gasteiger partial charge is 0.308 e. The normalized spacial score (nSPS) is 18.0. The van der Waals surface area contributed by atoms with Gasteiger partial charge in [0.2, 0.25) is 0 Å². The molecule has 1 saturated heterocycles. The average molecular weight is 549 g/mol. The summed E-state index contributed by atoms with van der Waals surface area (Å²) < 4.78 is 18.6. The summed E-state index contributed by atoms with van der Waals surface area (Å²) in [5.41, 5.74) is 2.15. The molecule has 6 nitrogen and oxygen atoms in total. The van der Waals surface area contributed by atoms with E-state index in [1.54, 1.807) is 31.5 Å². The third kappa shape index (κ3) is 7.80. The molecule has 1 fully saturated rings. The highest BCUT2D eigenvalue weighted by Gasteiger charge is 2.34. The van der Waals surface area contributed by atoms with E-state index < -0.39 is 18.0 Å². The molecule has 9 heteroatoms. The lowest BCUT2D eigenvalue weighted by atomic mass is 9.81. The zero-order valence-electron chi connectivity index (χ0n) is 20.5. The Morgan fingerprint density at radius 2 is 2.05 bits per heavy atom. The van der Waals surface area contributed by atoms with Crippen LogP contribution in [0, 0.1) is 29.5 Å². The molecule has 2 N–H and O–H groups in total. The Labute approximate surface area is 228 Å². The summed E-state index contributed by atoms with van der Waals surface area (Å²) in [6.07, 6.45) is 2.74. The van der Waals surface area contributed by atoms with Gasteiger partial charge in [-0.3, -0.25) is 14.7 Å². The lowest BCUT2D eigenvalue weighted by Crippen LogP contribution is -2.44. The monoisotopic (exact) mass is 548 g/mol. The fourth-order valence-corrected chi connectivity index (χ4v) is 4.75. The van der Waals surface area contributed by atoms with E-state index in [-0.39, 0.29) is 36.5 Å². The standard InChI is InChI=1S/C28H29FN2O4.2ClH/c1-35-22-8-9-26-24(17-22)23(11-13-30-26)27(32)10-7-20-12-15-31(18-25(20)28(33)34)14-3-5-19-4-2-6-21(29)16-19;;/h2,4,6,8-9,11,13,16-17,20,25,27,32H,7,10,12,14-15,18H2,1H3,(H,33,34);2*1H/t20-,25+,27-;;/m1../s1. The Bertz CT molecular complexity index is 1260. The summed E-state index contributed by atoms with van der Waals surface area (Å²) in [6.45, 7) is 1.57. The summed E-state index contributed by atoms with van der Waals surface area (Å²) in [4.78, 5) is 18.4. The van der Waals surface area contributed by atoms with E-state index >= 15 is 0 Å².